The molecule has 2 aromatic carbocycles. The van der Waals surface area contributed by atoms with Crippen LogP contribution in [0.2, 0.25) is 0 Å². The highest BCUT2D eigenvalue weighted by atomic mass is 16.5. The number of benzene rings is 2. The van der Waals surface area contributed by atoms with Crippen molar-refractivity contribution < 1.29 is 9.53 Å². The van der Waals surface area contributed by atoms with Crippen molar-refractivity contribution in [3.63, 3.8) is 0 Å². The molecule has 2 aromatic rings. The molecule has 0 aliphatic rings. The average molecular weight is 273 g/mol. The van der Waals surface area contributed by atoms with Crippen LogP contribution in [0.3, 0.4) is 0 Å². The number of carbonyl (C=O) groups excluding carboxylic acids is 1. The third-order valence-corrected chi connectivity index (χ3v) is 2.64. The zero-order chi connectivity index (χ0) is 13.0. The topological polar surface area (TPSA) is 38.3 Å². The molecule has 0 aromatic heterocycles. The highest BCUT2D eigenvalue weighted by molar-refractivity contribution is 5.94. The summed E-state index contributed by atoms with van der Waals surface area (Å²) in [6.07, 6.45) is 0. The highest BCUT2D eigenvalue weighted by Gasteiger charge is 2.00. The zero-order valence-electron chi connectivity index (χ0n) is 10.4. The molecule has 0 saturated carbocycles. The van der Waals surface area contributed by atoms with Crippen LogP contribution in [0, 0.1) is 0 Å². The maximum Gasteiger partial charge on any atom is 0.159 e. The van der Waals surface area contributed by atoms with E-state index in [0.29, 0.717) is 5.56 Å². The molecule has 0 atom stereocenters. The monoisotopic (exact) mass is 273 g/mol. The number of ether oxygens (including phenoxy) is 1. The van der Waals surface area contributed by atoms with Crippen LogP contribution in [-0.4, -0.2) is 12.8 Å². The Morgan fingerprint density at radius 1 is 0.900 bits per heavy atom. The Morgan fingerprint density at radius 2 is 1.35 bits per heavy atom. The van der Waals surface area contributed by atoms with Crippen molar-refractivity contribution in [2.45, 2.75) is 21.8 Å². The Bertz CT molecular complexity index is 530. The lowest BCUT2D eigenvalue weighted by molar-refractivity contribution is 0.101. The molecule has 0 amide bonds. The molecule has 0 aliphatic carbocycles. The standard InChI is InChI=1S/C15H15NO2.2CH4/c1-11(17)12-3-7-14(8-4-12)18-15-9-5-13(16-2)6-10-15;;/h3-10,16H,1-2H3;2*1H4. The zero-order valence-corrected chi connectivity index (χ0v) is 10.4. The molecule has 1 N–H and O–H groups in total. The van der Waals surface area contributed by atoms with Gasteiger partial charge in [-0.1, -0.05) is 14.9 Å². The number of rotatable bonds is 4. The van der Waals surface area contributed by atoms with E-state index in [0.717, 1.165) is 17.2 Å². The van der Waals surface area contributed by atoms with Crippen molar-refractivity contribution >= 4 is 11.5 Å². The Morgan fingerprint density at radius 3 is 1.75 bits per heavy atom. The van der Waals surface area contributed by atoms with Crippen molar-refractivity contribution in [2.24, 2.45) is 0 Å². The minimum atomic E-state index is 0. The van der Waals surface area contributed by atoms with Gasteiger partial charge < -0.3 is 10.1 Å². The molecule has 0 fully saturated rings. The van der Waals surface area contributed by atoms with Gasteiger partial charge in [-0.25, -0.2) is 0 Å². The summed E-state index contributed by atoms with van der Waals surface area (Å²) >= 11 is 0. The third-order valence-electron chi connectivity index (χ3n) is 2.64. The fourth-order valence-electron chi connectivity index (χ4n) is 1.58. The van der Waals surface area contributed by atoms with Gasteiger partial charge in [-0.15, -0.1) is 0 Å². The first-order chi connectivity index (χ1) is 8.69. The van der Waals surface area contributed by atoms with Crippen LogP contribution in [0.25, 0.3) is 0 Å². The first-order valence-electron chi connectivity index (χ1n) is 5.76. The van der Waals surface area contributed by atoms with Gasteiger partial charge >= 0.3 is 0 Å². The van der Waals surface area contributed by atoms with Crippen LogP contribution in [0.5, 0.6) is 11.5 Å². The number of anilines is 1. The van der Waals surface area contributed by atoms with Gasteiger partial charge in [0.2, 0.25) is 0 Å². The van der Waals surface area contributed by atoms with Crippen LogP contribution < -0.4 is 10.1 Å². The maximum atomic E-state index is 11.1. The fourth-order valence-corrected chi connectivity index (χ4v) is 1.58. The summed E-state index contributed by atoms with van der Waals surface area (Å²) in [4.78, 5) is 11.1. The summed E-state index contributed by atoms with van der Waals surface area (Å²) < 4.78 is 5.67. The molecule has 0 heterocycles. The Balaban J connectivity index is 0.00000180. The number of nitrogens with one attached hydrogen (secondary N) is 1. The van der Waals surface area contributed by atoms with Gasteiger partial charge in [-0.3, -0.25) is 4.79 Å². The molecule has 3 heteroatoms. The number of Topliss-reactive ketones (excluding diaryl/α,β-unsaturated/α-hetero) is 1. The second-order valence-corrected chi connectivity index (χ2v) is 3.96. The van der Waals surface area contributed by atoms with E-state index in [2.05, 4.69) is 5.32 Å². The maximum absolute atomic E-state index is 11.1. The second kappa shape index (κ2) is 8.00. The summed E-state index contributed by atoms with van der Waals surface area (Å²) in [7, 11) is 1.87. The largest absolute Gasteiger partial charge is 0.457 e. The molecular weight excluding hydrogens is 250 g/mol. The average Bonchev–Trinajstić information content (AvgIpc) is 2.40. The number of hydrogen-bond donors (Lipinski definition) is 1. The smallest absolute Gasteiger partial charge is 0.159 e. The van der Waals surface area contributed by atoms with Gasteiger partial charge in [-0.2, -0.15) is 0 Å². The molecule has 0 spiro atoms. The molecule has 2 rings (SSSR count). The normalized spacial score (nSPS) is 8.90. The van der Waals surface area contributed by atoms with E-state index >= 15 is 0 Å². The predicted octanol–water partition coefficient (Wildman–Crippen LogP) is 5.00. The summed E-state index contributed by atoms with van der Waals surface area (Å²) in [6.45, 7) is 1.55. The molecule has 3 nitrogen and oxygen atoms in total. The van der Waals surface area contributed by atoms with Crippen LogP contribution in [0.1, 0.15) is 32.1 Å². The first kappa shape index (κ1) is 17.7. The third kappa shape index (κ3) is 4.43. The molecule has 20 heavy (non-hydrogen) atoms. The van der Waals surface area contributed by atoms with Crippen LogP contribution >= 0.6 is 0 Å². The summed E-state index contributed by atoms with van der Waals surface area (Å²) in [6, 6.07) is 14.8. The minimum Gasteiger partial charge on any atom is -0.457 e. The Labute approximate surface area is 121 Å². The van der Waals surface area contributed by atoms with Gasteiger partial charge in [-0.05, 0) is 55.5 Å². The Kier molecular flexibility index (Phi) is 7.08. The van der Waals surface area contributed by atoms with E-state index in [1.807, 2.05) is 31.3 Å². The SMILES string of the molecule is C.C.CNc1ccc(Oc2ccc(C(C)=O)cc2)cc1. The van der Waals surface area contributed by atoms with Crippen LogP contribution in [-0.2, 0) is 0 Å². The molecule has 0 aliphatic heterocycles. The molecule has 0 saturated heterocycles. The van der Waals surface area contributed by atoms with Crippen molar-refractivity contribution in [1.82, 2.24) is 0 Å². The number of ketones is 1. The van der Waals surface area contributed by atoms with Crippen LogP contribution in [0.4, 0.5) is 5.69 Å². The van der Waals surface area contributed by atoms with Gasteiger partial charge in [0.1, 0.15) is 11.5 Å². The van der Waals surface area contributed by atoms with E-state index in [-0.39, 0.29) is 20.6 Å². The summed E-state index contributed by atoms with van der Waals surface area (Å²) in [5, 5.41) is 3.04. The van der Waals surface area contributed by atoms with Gasteiger partial charge in [0.15, 0.2) is 5.78 Å². The quantitative estimate of drug-likeness (QED) is 0.797. The second-order valence-electron chi connectivity index (χ2n) is 3.96. The molecule has 0 bridgehead atoms. The van der Waals surface area contributed by atoms with E-state index in [1.54, 1.807) is 31.2 Å². The van der Waals surface area contributed by atoms with Gasteiger partial charge in [0.25, 0.3) is 0 Å². The van der Waals surface area contributed by atoms with E-state index < -0.39 is 0 Å². The molecule has 0 radical (unpaired) electrons. The summed E-state index contributed by atoms with van der Waals surface area (Å²) in [5.41, 5.74) is 1.72. The molecular formula is C17H23NO2. The number of hydrogen-bond acceptors (Lipinski definition) is 3. The highest BCUT2D eigenvalue weighted by Crippen LogP contribution is 2.23. The van der Waals surface area contributed by atoms with Crippen LogP contribution in [0.15, 0.2) is 48.5 Å². The fraction of sp³-hybridized carbons (Fsp3) is 0.235. The lowest BCUT2D eigenvalue weighted by atomic mass is 10.1. The number of carbonyl (C=O) groups is 1. The lowest BCUT2D eigenvalue weighted by Gasteiger charge is -2.07. The van der Waals surface area contributed by atoms with Crippen molar-refractivity contribution in [1.29, 1.82) is 0 Å². The first-order valence-corrected chi connectivity index (χ1v) is 5.76. The molecule has 0 unspecified atom stereocenters. The van der Waals surface area contributed by atoms with E-state index in [4.69, 9.17) is 4.74 Å². The van der Waals surface area contributed by atoms with E-state index in [1.165, 1.54) is 0 Å². The van der Waals surface area contributed by atoms with Crippen molar-refractivity contribution in [2.75, 3.05) is 12.4 Å². The predicted molar refractivity (Wildman–Crippen MR) is 86.0 cm³/mol. The Hall–Kier alpha value is -2.29. The van der Waals surface area contributed by atoms with Gasteiger partial charge in [0, 0.05) is 18.3 Å². The van der Waals surface area contributed by atoms with Crippen molar-refractivity contribution in [3.8, 4) is 11.5 Å². The van der Waals surface area contributed by atoms with E-state index in [9.17, 15) is 4.79 Å². The lowest BCUT2D eigenvalue weighted by Crippen LogP contribution is -1.92. The van der Waals surface area contributed by atoms with Gasteiger partial charge in [0.05, 0.1) is 0 Å². The molecule has 108 valence electrons. The summed E-state index contributed by atoms with van der Waals surface area (Å²) in [5.74, 6) is 1.54. The minimum absolute atomic E-state index is 0. The van der Waals surface area contributed by atoms with Crippen molar-refractivity contribution in [3.05, 3.63) is 54.1 Å².